The van der Waals surface area contributed by atoms with Gasteiger partial charge in [-0.25, -0.2) is 15.0 Å². The molecule has 0 saturated carbocycles. The van der Waals surface area contributed by atoms with Crippen LogP contribution in [0, 0.1) is 13.8 Å². The summed E-state index contributed by atoms with van der Waals surface area (Å²) in [5.74, 6) is -2.11. The highest BCUT2D eigenvalue weighted by molar-refractivity contribution is 6.12. The summed E-state index contributed by atoms with van der Waals surface area (Å²) in [6.07, 6.45) is 6.65. The largest absolute Gasteiger partial charge is 0.491 e. The number of primary amides is 2. The number of hydrogen-bond acceptors (Lipinski definition) is 14. The number of anilines is 1. The summed E-state index contributed by atoms with van der Waals surface area (Å²) in [7, 11) is 1.59. The minimum Gasteiger partial charge on any atom is -0.491 e. The molecular weight excluding hydrogens is 905 g/mol. The molecule has 0 fully saturated rings. The van der Waals surface area contributed by atoms with Crippen molar-refractivity contribution in [3.63, 3.8) is 0 Å². The number of aliphatic carboxylic acids is 1. The number of rotatable bonds is 25. The van der Waals surface area contributed by atoms with Gasteiger partial charge in [-0.1, -0.05) is 12.2 Å². The summed E-state index contributed by atoms with van der Waals surface area (Å²) in [6.45, 7) is 9.58. The zero-order valence-corrected chi connectivity index (χ0v) is 39.7. The molecule has 0 radical (unpaired) electrons. The molecule has 70 heavy (non-hydrogen) atoms. The normalized spacial score (nSPS) is 11.6. The second-order valence-corrected chi connectivity index (χ2v) is 16.3. The molecule has 22 nitrogen and oxygen atoms in total. The smallest absolute Gasteiger partial charge is 0.306 e. The molecule has 0 aliphatic rings. The van der Waals surface area contributed by atoms with E-state index in [4.69, 9.17) is 50.5 Å². The van der Waals surface area contributed by atoms with Crippen molar-refractivity contribution in [3.05, 3.63) is 83.0 Å². The number of hydrogen-bond donors (Lipinski definition) is 4. The number of methoxy groups -OCH3 is 1. The highest BCUT2D eigenvalue weighted by Gasteiger charge is 2.24. The predicted octanol–water partition coefficient (Wildman–Crippen LogP) is 5.34. The number of carboxylic acid groups (broad SMARTS) is 1. The van der Waals surface area contributed by atoms with Crippen molar-refractivity contribution >= 4 is 68.6 Å². The third kappa shape index (κ3) is 11.2. The number of amides is 3. The minimum atomic E-state index is -1.06. The van der Waals surface area contributed by atoms with E-state index in [-0.39, 0.29) is 62.8 Å². The number of carbonyl (C=O) groups excluding carboxylic acids is 4. The van der Waals surface area contributed by atoms with E-state index in [2.05, 4.69) is 15.5 Å². The molecule has 5 heterocycles. The Balaban J connectivity index is 1.29. The molecule has 0 atom stereocenters. The number of aromatic nitrogens is 9. The minimum absolute atomic E-state index is 0.0609. The fraction of sp³-hybridized carbons (Fsp3) is 0.375. The number of aryl methyl sites for hydroxylation is 4. The van der Waals surface area contributed by atoms with Crippen molar-refractivity contribution < 1.29 is 48.0 Å². The van der Waals surface area contributed by atoms with Crippen molar-refractivity contribution in [3.8, 4) is 23.0 Å². The van der Waals surface area contributed by atoms with Crippen LogP contribution in [0.15, 0.2) is 54.7 Å². The van der Waals surface area contributed by atoms with Crippen molar-refractivity contribution in [2.75, 3.05) is 38.9 Å². The molecule has 22 heteroatoms. The maximum atomic E-state index is 13.9. The van der Waals surface area contributed by atoms with Crippen LogP contribution in [-0.2, 0) is 45.2 Å². The molecule has 6 N–H and O–H groups in total. The molecule has 3 amide bonds. The van der Waals surface area contributed by atoms with Crippen LogP contribution in [-0.4, -0.2) is 112 Å². The Labute approximate surface area is 401 Å². The molecule has 0 bridgehead atoms. The highest BCUT2D eigenvalue weighted by atomic mass is 16.5. The predicted molar refractivity (Wildman–Crippen MR) is 258 cm³/mol. The molecule has 0 unspecified atom stereocenters. The number of nitrogens with zero attached hydrogens (tertiary/aromatic N) is 9. The summed E-state index contributed by atoms with van der Waals surface area (Å²) in [5.41, 5.74) is 16.5. The molecule has 0 aliphatic heterocycles. The number of allylic oxidation sites excluding steroid dienone is 2. The number of esters is 1. The van der Waals surface area contributed by atoms with E-state index < -0.39 is 29.7 Å². The molecule has 368 valence electrons. The lowest BCUT2D eigenvalue weighted by Crippen LogP contribution is -2.20. The Morgan fingerprint density at radius 1 is 0.729 bits per heavy atom. The van der Waals surface area contributed by atoms with Gasteiger partial charge < -0.3 is 44.7 Å². The van der Waals surface area contributed by atoms with Gasteiger partial charge in [0.25, 0.3) is 5.91 Å². The van der Waals surface area contributed by atoms with Gasteiger partial charge in [0.2, 0.25) is 17.8 Å². The molecule has 2 aromatic carbocycles. The fourth-order valence-corrected chi connectivity index (χ4v) is 8.00. The van der Waals surface area contributed by atoms with Crippen LogP contribution in [0.3, 0.4) is 0 Å². The first-order valence-electron chi connectivity index (χ1n) is 22.9. The third-order valence-electron chi connectivity index (χ3n) is 11.2. The standard InChI is InChI=1S/C48H56N12O10/c1-6-59-35(21-28(3)55-59)45-51-27-33-32-23-30(43(49)64)25-37(68-18-11-8-13-40(63)70-20-14-39(61)62)41(32)57(46(33)53-45)15-9-10-16-58-42-34(24-31(44(50)65)26-38(42)69-19-12-17-67-5)52-48(58)54-47(66)36-22-29(4)56-60(36)7-2/h9-10,21-27H,6-8,11-20H2,1-5H3,(H2,49,64)(H2,50,65)(H,61,62)(H,52,54,66)/b10-9+. The van der Waals surface area contributed by atoms with Gasteiger partial charge >= 0.3 is 11.9 Å². The second-order valence-electron chi connectivity index (χ2n) is 16.3. The lowest BCUT2D eigenvalue weighted by Gasteiger charge is -2.13. The van der Waals surface area contributed by atoms with E-state index in [1.165, 1.54) is 0 Å². The van der Waals surface area contributed by atoms with Crippen molar-refractivity contribution in [1.29, 1.82) is 0 Å². The van der Waals surface area contributed by atoms with Crippen molar-refractivity contribution in [2.24, 2.45) is 11.5 Å². The number of imidazole rings is 1. The van der Waals surface area contributed by atoms with Gasteiger partial charge in [0.15, 0.2) is 5.82 Å². The molecule has 7 rings (SSSR count). The van der Waals surface area contributed by atoms with Gasteiger partial charge in [-0.3, -0.25) is 38.7 Å². The maximum Gasteiger partial charge on any atom is 0.306 e. The lowest BCUT2D eigenvalue weighted by molar-refractivity contribution is -0.146. The number of unbranched alkanes of at least 4 members (excludes halogenated alkanes) is 1. The number of carbonyl (C=O) groups is 5. The topological polar surface area (TPSA) is 291 Å². The van der Waals surface area contributed by atoms with E-state index in [1.807, 2.05) is 48.2 Å². The van der Waals surface area contributed by atoms with E-state index in [0.29, 0.717) is 106 Å². The van der Waals surface area contributed by atoms with Crippen LogP contribution < -0.4 is 26.3 Å². The quantitative estimate of drug-likeness (QED) is 0.0319. The molecule has 0 saturated heterocycles. The van der Waals surface area contributed by atoms with Crippen LogP contribution in [0.1, 0.15) is 88.5 Å². The van der Waals surface area contributed by atoms with E-state index in [9.17, 15) is 24.0 Å². The average Bonchev–Trinajstić information content (AvgIpc) is 4.09. The summed E-state index contributed by atoms with van der Waals surface area (Å²) in [4.78, 5) is 76.8. The number of fused-ring (bicyclic) bond motifs is 4. The number of ether oxygens (including phenoxy) is 4. The Kier molecular flexibility index (Phi) is 15.9. The van der Waals surface area contributed by atoms with Gasteiger partial charge in [0, 0.05) is 80.8 Å². The third-order valence-corrected chi connectivity index (χ3v) is 11.2. The lowest BCUT2D eigenvalue weighted by atomic mass is 10.1. The van der Waals surface area contributed by atoms with Crippen molar-refractivity contribution in [2.45, 2.75) is 86.0 Å². The highest BCUT2D eigenvalue weighted by Crippen LogP contribution is 2.37. The SMILES string of the molecule is CCn1nc(C)cc1C(=O)Nc1nc2cc(C(N)=O)cc(OCCCOC)c2n1C/C=C/Cn1c2nc(-c3cc(C)nn3CC)ncc2c2cc(C(N)=O)cc(OCCCCC(=O)OCCC(=O)O)c21. The molecular formula is C48H56N12O10. The number of carboxylic acids is 1. The van der Waals surface area contributed by atoms with Crippen LogP contribution in [0.2, 0.25) is 0 Å². The summed E-state index contributed by atoms with van der Waals surface area (Å²) in [5, 5.41) is 22.1. The number of benzene rings is 2. The summed E-state index contributed by atoms with van der Waals surface area (Å²) >= 11 is 0. The fourth-order valence-electron chi connectivity index (χ4n) is 8.00. The van der Waals surface area contributed by atoms with Crippen LogP contribution in [0.4, 0.5) is 5.95 Å². The number of nitrogens with one attached hydrogen (secondary N) is 1. The van der Waals surface area contributed by atoms with Crippen LogP contribution >= 0.6 is 0 Å². The molecule has 7 aromatic rings. The second kappa shape index (κ2) is 22.3. The summed E-state index contributed by atoms with van der Waals surface area (Å²) < 4.78 is 30.0. The van der Waals surface area contributed by atoms with Gasteiger partial charge in [0.1, 0.15) is 40.7 Å². The monoisotopic (exact) mass is 960 g/mol. The van der Waals surface area contributed by atoms with Gasteiger partial charge in [-0.15, -0.1) is 0 Å². The molecule has 0 spiro atoms. The van der Waals surface area contributed by atoms with Gasteiger partial charge in [0.05, 0.1) is 42.1 Å². The molecule has 5 aromatic heterocycles. The Bertz CT molecular complexity index is 3130. The molecule has 0 aliphatic carbocycles. The first-order chi connectivity index (χ1) is 33.7. The van der Waals surface area contributed by atoms with E-state index in [0.717, 1.165) is 5.69 Å². The van der Waals surface area contributed by atoms with Gasteiger partial charge in [-0.2, -0.15) is 10.2 Å². The summed E-state index contributed by atoms with van der Waals surface area (Å²) in [6, 6.07) is 9.94. The first-order valence-corrected chi connectivity index (χ1v) is 22.9. The zero-order chi connectivity index (χ0) is 50.1. The van der Waals surface area contributed by atoms with E-state index in [1.54, 1.807) is 59.8 Å². The first kappa shape index (κ1) is 49.8. The van der Waals surface area contributed by atoms with Gasteiger partial charge in [-0.05, 0) is 76.9 Å². The van der Waals surface area contributed by atoms with Crippen LogP contribution in [0.25, 0.3) is 44.5 Å². The average molecular weight is 961 g/mol. The van der Waals surface area contributed by atoms with Crippen LogP contribution in [0.5, 0.6) is 11.5 Å². The number of nitrogens with two attached hydrogens (primary N) is 2. The zero-order valence-electron chi connectivity index (χ0n) is 39.7. The van der Waals surface area contributed by atoms with Crippen molar-refractivity contribution in [1.82, 2.24) is 43.6 Å². The Morgan fingerprint density at radius 2 is 1.39 bits per heavy atom. The Hall–Kier alpha value is -8.14. The Morgan fingerprint density at radius 3 is 2.07 bits per heavy atom. The van der Waals surface area contributed by atoms with E-state index >= 15 is 0 Å². The maximum absolute atomic E-state index is 13.9.